The number of hydrogen-bond acceptors (Lipinski definition) is 5. The van der Waals surface area contributed by atoms with Crippen molar-refractivity contribution in [3.8, 4) is 11.5 Å². The van der Waals surface area contributed by atoms with Crippen LogP contribution in [0.4, 0.5) is 0 Å². The molecular formula is C17H22N2O4. The zero-order chi connectivity index (χ0) is 16.4. The smallest absolute Gasteiger partial charge is 0.260 e. The zero-order valence-electron chi connectivity index (χ0n) is 13.6. The van der Waals surface area contributed by atoms with Gasteiger partial charge in [0.2, 0.25) is 0 Å². The van der Waals surface area contributed by atoms with Crippen LogP contribution >= 0.6 is 0 Å². The van der Waals surface area contributed by atoms with Crippen LogP contribution in [-0.4, -0.2) is 55.0 Å². The van der Waals surface area contributed by atoms with E-state index in [4.69, 9.17) is 9.47 Å². The van der Waals surface area contributed by atoms with Gasteiger partial charge in [-0.15, -0.1) is 0 Å². The van der Waals surface area contributed by atoms with Gasteiger partial charge in [0, 0.05) is 32.2 Å². The highest BCUT2D eigenvalue weighted by atomic mass is 16.5. The number of piperazine rings is 1. The van der Waals surface area contributed by atoms with Gasteiger partial charge < -0.3 is 19.7 Å². The number of fused-ring (bicyclic) bond motifs is 1. The van der Waals surface area contributed by atoms with Crippen molar-refractivity contribution in [2.75, 3.05) is 32.8 Å². The molecule has 124 valence electrons. The van der Waals surface area contributed by atoms with Crippen molar-refractivity contribution in [2.45, 2.75) is 25.9 Å². The molecule has 1 N–H and O–H groups in total. The average Bonchev–Trinajstić information content (AvgIpc) is 2.52. The molecule has 3 rings (SSSR count). The van der Waals surface area contributed by atoms with Crippen LogP contribution in [-0.2, 0) is 4.79 Å². The van der Waals surface area contributed by atoms with Crippen LogP contribution in [0.15, 0.2) is 18.2 Å². The summed E-state index contributed by atoms with van der Waals surface area (Å²) in [5.74, 6) is 1.11. The topological polar surface area (TPSA) is 67.9 Å². The second-order valence-electron chi connectivity index (χ2n) is 6.54. The SMILES string of the molecule is CC1(C)CC(=O)c2ccc(OCC(=O)N3CCNCC3)cc2O1. The third kappa shape index (κ3) is 3.64. The fraction of sp³-hybridized carbons (Fsp3) is 0.529. The summed E-state index contributed by atoms with van der Waals surface area (Å²) in [5, 5.41) is 3.21. The molecule has 0 bridgehead atoms. The fourth-order valence-corrected chi connectivity index (χ4v) is 2.87. The van der Waals surface area contributed by atoms with E-state index in [0.717, 1.165) is 13.1 Å². The minimum Gasteiger partial charge on any atom is -0.486 e. The normalized spacial score (nSPS) is 19.7. The molecule has 1 aromatic carbocycles. The zero-order valence-corrected chi connectivity index (χ0v) is 13.6. The summed E-state index contributed by atoms with van der Waals surface area (Å²) in [4.78, 5) is 26.0. The van der Waals surface area contributed by atoms with E-state index in [1.807, 2.05) is 13.8 Å². The first kappa shape index (κ1) is 15.8. The Kier molecular flexibility index (Phi) is 4.26. The van der Waals surface area contributed by atoms with Crippen LogP contribution in [0.1, 0.15) is 30.6 Å². The summed E-state index contributed by atoms with van der Waals surface area (Å²) in [6.07, 6.45) is 0.363. The van der Waals surface area contributed by atoms with E-state index < -0.39 is 5.60 Å². The Bertz CT molecular complexity index is 621. The highest BCUT2D eigenvalue weighted by Gasteiger charge is 2.32. The summed E-state index contributed by atoms with van der Waals surface area (Å²) in [6.45, 7) is 6.81. The molecular weight excluding hydrogens is 296 g/mol. The van der Waals surface area contributed by atoms with Gasteiger partial charge in [-0.25, -0.2) is 0 Å². The lowest BCUT2D eigenvalue weighted by Crippen LogP contribution is -2.47. The lowest BCUT2D eigenvalue weighted by atomic mass is 9.93. The Morgan fingerprint density at radius 1 is 1.35 bits per heavy atom. The van der Waals surface area contributed by atoms with Crippen LogP contribution < -0.4 is 14.8 Å². The Morgan fingerprint density at radius 2 is 2.09 bits per heavy atom. The molecule has 6 nitrogen and oxygen atoms in total. The summed E-state index contributed by atoms with van der Waals surface area (Å²) < 4.78 is 11.4. The molecule has 23 heavy (non-hydrogen) atoms. The maximum absolute atomic E-state index is 12.1. The Morgan fingerprint density at radius 3 is 2.83 bits per heavy atom. The molecule has 0 atom stereocenters. The predicted octanol–water partition coefficient (Wildman–Crippen LogP) is 1.24. The minimum atomic E-state index is -0.515. The van der Waals surface area contributed by atoms with Crippen molar-refractivity contribution in [3.05, 3.63) is 23.8 Å². The third-order valence-corrected chi connectivity index (χ3v) is 4.06. The van der Waals surface area contributed by atoms with Crippen LogP contribution in [0.25, 0.3) is 0 Å². The van der Waals surface area contributed by atoms with Gasteiger partial charge >= 0.3 is 0 Å². The van der Waals surface area contributed by atoms with Crippen molar-refractivity contribution in [2.24, 2.45) is 0 Å². The van der Waals surface area contributed by atoms with E-state index >= 15 is 0 Å². The van der Waals surface area contributed by atoms with Crippen LogP contribution in [0.3, 0.4) is 0 Å². The van der Waals surface area contributed by atoms with Crippen LogP contribution in [0.2, 0.25) is 0 Å². The van der Waals surface area contributed by atoms with Crippen LogP contribution in [0.5, 0.6) is 11.5 Å². The molecule has 0 aliphatic carbocycles. The van der Waals surface area contributed by atoms with Gasteiger partial charge in [-0.2, -0.15) is 0 Å². The summed E-state index contributed by atoms with van der Waals surface area (Å²) in [7, 11) is 0. The molecule has 1 aromatic rings. The minimum absolute atomic E-state index is 0.00384. The quantitative estimate of drug-likeness (QED) is 0.908. The van der Waals surface area contributed by atoms with E-state index in [2.05, 4.69) is 5.32 Å². The second-order valence-corrected chi connectivity index (χ2v) is 6.54. The largest absolute Gasteiger partial charge is 0.486 e. The molecule has 0 radical (unpaired) electrons. The number of nitrogens with zero attached hydrogens (tertiary/aromatic N) is 1. The maximum Gasteiger partial charge on any atom is 0.260 e. The summed E-state index contributed by atoms with van der Waals surface area (Å²) >= 11 is 0. The standard InChI is InChI=1S/C17H22N2O4/c1-17(2)10-14(20)13-4-3-12(9-15(13)23-17)22-11-16(21)19-7-5-18-6-8-19/h3-4,9,18H,5-8,10-11H2,1-2H3. The van der Waals surface area contributed by atoms with Gasteiger partial charge in [0.05, 0.1) is 12.0 Å². The molecule has 0 saturated carbocycles. The van der Waals surface area contributed by atoms with E-state index in [1.165, 1.54) is 0 Å². The molecule has 6 heteroatoms. The van der Waals surface area contributed by atoms with E-state index in [1.54, 1.807) is 23.1 Å². The van der Waals surface area contributed by atoms with Gasteiger partial charge in [0.1, 0.15) is 17.1 Å². The first-order valence-electron chi connectivity index (χ1n) is 7.92. The molecule has 2 aliphatic heterocycles. The maximum atomic E-state index is 12.1. The number of benzene rings is 1. The van der Waals surface area contributed by atoms with E-state index in [0.29, 0.717) is 36.6 Å². The molecule has 1 fully saturated rings. The Balaban J connectivity index is 1.65. The number of nitrogens with one attached hydrogen (secondary N) is 1. The second kappa shape index (κ2) is 6.20. The van der Waals surface area contributed by atoms with E-state index in [-0.39, 0.29) is 18.3 Å². The molecule has 0 unspecified atom stereocenters. The number of Topliss-reactive ketones (excluding diaryl/α,β-unsaturated/α-hetero) is 1. The van der Waals surface area contributed by atoms with Crippen molar-refractivity contribution >= 4 is 11.7 Å². The van der Waals surface area contributed by atoms with Crippen LogP contribution in [0, 0.1) is 0 Å². The highest BCUT2D eigenvalue weighted by molar-refractivity contribution is 6.00. The molecule has 1 amide bonds. The van der Waals surface area contributed by atoms with E-state index in [9.17, 15) is 9.59 Å². The first-order valence-corrected chi connectivity index (χ1v) is 7.92. The van der Waals surface area contributed by atoms with Gasteiger partial charge in [-0.05, 0) is 26.0 Å². The number of hydrogen-bond donors (Lipinski definition) is 1. The Labute approximate surface area is 135 Å². The van der Waals surface area contributed by atoms with Gasteiger partial charge in [-0.3, -0.25) is 9.59 Å². The van der Waals surface area contributed by atoms with Gasteiger partial charge in [-0.1, -0.05) is 0 Å². The van der Waals surface area contributed by atoms with Crippen molar-refractivity contribution < 1.29 is 19.1 Å². The predicted molar refractivity (Wildman–Crippen MR) is 85.0 cm³/mol. The molecule has 1 saturated heterocycles. The summed E-state index contributed by atoms with van der Waals surface area (Å²) in [6, 6.07) is 5.11. The van der Waals surface area contributed by atoms with Gasteiger partial charge in [0.25, 0.3) is 5.91 Å². The summed E-state index contributed by atoms with van der Waals surface area (Å²) in [5.41, 5.74) is 0.0596. The van der Waals surface area contributed by atoms with Crippen molar-refractivity contribution in [3.63, 3.8) is 0 Å². The number of carbonyl (C=O) groups is 2. The third-order valence-electron chi connectivity index (χ3n) is 4.06. The molecule has 0 spiro atoms. The average molecular weight is 318 g/mol. The molecule has 2 heterocycles. The fourth-order valence-electron chi connectivity index (χ4n) is 2.87. The Hall–Kier alpha value is -2.08. The lowest BCUT2D eigenvalue weighted by molar-refractivity contribution is -0.133. The number of rotatable bonds is 3. The number of ether oxygens (including phenoxy) is 2. The number of ketones is 1. The highest BCUT2D eigenvalue weighted by Crippen LogP contribution is 2.35. The lowest BCUT2D eigenvalue weighted by Gasteiger charge is -2.31. The molecule has 2 aliphatic rings. The monoisotopic (exact) mass is 318 g/mol. The number of carbonyl (C=O) groups excluding carboxylic acids is 2. The van der Waals surface area contributed by atoms with Crippen molar-refractivity contribution in [1.82, 2.24) is 10.2 Å². The number of amides is 1. The van der Waals surface area contributed by atoms with Crippen molar-refractivity contribution in [1.29, 1.82) is 0 Å². The molecule has 0 aromatic heterocycles. The first-order chi connectivity index (χ1) is 10.9. The van der Waals surface area contributed by atoms with Gasteiger partial charge in [0.15, 0.2) is 12.4 Å².